The molecule has 29 heavy (non-hydrogen) atoms. The Hall–Kier alpha value is -2.24. The fraction of sp³-hybridized carbons (Fsp3) is 0.435. The first-order valence-electron chi connectivity index (χ1n) is 10.2. The summed E-state index contributed by atoms with van der Waals surface area (Å²) >= 11 is 0. The molecule has 2 atom stereocenters. The molecule has 156 valence electrons. The highest BCUT2D eigenvalue weighted by atomic mass is 35.5. The molecule has 2 aliphatic heterocycles. The fourth-order valence-electron chi connectivity index (χ4n) is 4.19. The molecule has 1 amide bonds. The number of fused-ring (bicyclic) bond motifs is 1. The molecule has 6 heteroatoms. The maximum Gasteiger partial charge on any atom is 0.257 e. The summed E-state index contributed by atoms with van der Waals surface area (Å²) in [4.78, 5) is 15.1. The number of halogens is 1. The van der Waals surface area contributed by atoms with E-state index in [0.717, 1.165) is 44.8 Å². The van der Waals surface area contributed by atoms with E-state index >= 15 is 0 Å². The maximum absolute atomic E-state index is 13.1. The second-order valence-corrected chi connectivity index (χ2v) is 7.55. The van der Waals surface area contributed by atoms with Crippen LogP contribution in [0.25, 0.3) is 0 Å². The van der Waals surface area contributed by atoms with Crippen molar-refractivity contribution < 1.29 is 14.3 Å². The standard InChI is InChI=1S/C23H28N2O3.ClH/c26-23(25-12-10-18-16-24-17-19(18)11-13-25)21-8-4-5-9-22(21)28-15-14-27-20-6-2-1-3-7-20;/h1-9,18-19,24H,10-17H2;1H/t18-,19+;. The third-order valence-corrected chi connectivity index (χ3v) is 5.78. The van der Waals surface area contributed by atoms with E-state index in [1.54, 1.807) is 0 Å². The topological polar surface area (TPSA) is 50.8 Å². The van der Waals surface area contributed by atoms with E-state index in [4.69, 9.17) is 9.47 Å². The van der Waals surface area contributed by atoms with Crippen molar-refractivity contribution in [2.75, 3.05) is 39.4 Å². The molecule has 0 spiro atoms. The summed E-state index contributed by atoms with van der Waals surface area (Å²) < 4.78 is 11.6. The summed E-state index contributed by atoms with van der Waals surface area (Å²) in [5.74, 6) is 2.95. The Kier molecular flexibility index (Phi) is 7.78. The number of benzene rings is 2. The summed E-state index contributed by atoms with van der Waals surface area (Å²) in [6.07, 6.45) is 2.16. The smallest absolute Gasteiger partial charge is 0.257 e. The second kappa shape index (κ2) is 10.5. The number of nitrogens with zero attached hydrogens (tertiary/aromatic N) is 1. The average Bonchev–Trinajstić information content (AvgIpc) is 3.10. The van der Waals surface area contributed by atoms with Crippen molar-refractivity contribution in [1.29, 1.82) is 0 Å². The summed E-state index contributed by atoms with van der Waals surface area (Å²) in [5, 5.41) is 3.48. The van der Waals surface area contributed by atoms with Crippen LogP contribution in [0.5, 0.6) is 11.5 Å². The van der Waals surface area contributed by atoms with Gasteiger partial charge >= 0.3 is 0 Å². The summed E-state index contributed by atoms with van der Waals surface area (Å²) in [6.45, 7) is 4.67. The number of likely N-dealkylation sites (tertiary alicyclic amines) is 1. The van der Waals surface area contributed by atoms with Gasteiger partial charge in [-0.1, -0.05) is 30.3 Å². The number of nitrogens with one attached hydrogen (secondary N) is 1. The van der Waals surface area contributed by atoms with Gasteiger partial charge in [0.15, 0.2) is 0 Å². The van der Waals surface area contributed by atoms with E-state index in [-0.39, 0.29) is 18.3 Å². The predicted octanol–water partition coefficient (Wildman–Crippen LogP) is 3.64. The van der Waals surface area contributed by atoms with Gasteiger partial charge in [0.1, 0.15) is 24.7 Å². The van der Waals surface area contributed by atoms with Gasteiger partial charge in [0.2, 0.25) is 0 Å². The lowest BCUT2D eigenvalue weighted by molar-refractivity contribution is 0.0753. The predicted molar refractivity (Wildman–Crippen MR) is 116 cm³/mol. The van der Waals surface area contributed by atoms with Gasteiger partial charge in [0.25, 0.3) is 5.91 Å². The highest BCUT2D eigenvalue weighted by Crippen LogP contribution is 2.29. The molecule has 2 aromatic rings. The first kappa shape index (κ1) is 21.5. The van der Waals surface area contributed by atoms with Crippen molar-refractivity contribution >= 4 is 18.3 Å². The maximum atomic E-state index is 13.1. The van der Waals surface area contributed by atoms with E-state index in [1.807, 2.05) is 59.5 Å². The van der Waals surface area contributed by atoms with Gasteiger partial charge in [-0.05, 0) is 62.0 Å². The van der Waals surface area contributed by atoms with Crippen LogP contribution in [0.2, 0.25) is 0 Å². The SMILES string of the molecule is Cl.O=C(c1ccccc1OCCOc1ccccc1)N1CC[C@@H]2CNC[C@@H]2CC1. The third kappa shape index (κ3) is 5.43. The quantitative estimate of drug-likeness (QED) is 0.730. The molecule has 2 saturated heterocycles. The minimum Gasteiger partial charge on any atom is -0.490 e. The Balaban J connectivity index is 0.00000240. The normalized spacial score (nSPS) is 20.9. The zero-order valence-corrected chi connectivity index (χ0v) is 17.4. The fourth-order valence-corrected chi connectivity index (χ4v) is 4.19. The van der Waals surface area contributed by atoms with Crippen LogP contribution < -0.4 is 14.8 Å². The van der Waals surface area contributed by atoms with E-state index < -0.39 is 0 Å². The summed E-state index contributed by atoms with van der Waals surface area (Å²) in [5.41, 5.74) is 0.646. The van der Waals surface area contributed by atoms with Crippen LogP contribution in [0.15, 0.2) is 54.6 Å². The lowest BCUT2D eigenvalue weighted by atomic mass is 9.92. The van der Waals surface area contributed by atoms with Crippen LogP contribution in [-0.4, -0.2) is 50.2 Å². The number of ether oxygens (including phenoxy) is 2. The number of carbonyl (C=O) groups is 1. The number of carbonyl (C=O) groups excluding carboxylic acids is 1. The van der Waals surface area contributed by atoms with Crippen LogP contribution in [0, 0.1) is 11.8 Å². The number of amides is 1. The zero-order valence-electron chi connectivity index (χ0n) is 16.6. The van der Waals surface area contributed by atoms with E-state index in [2.05, 4.69) is 5.32 Å². The minimum atomic E-state index is 0. The van der Waals surface area contributed by atoms with Gasteiger partial charge in [-0.25, -0.2) is 0 Å². The number of para-hydroxylation sites is 2. The highest BCUT2D eigenvalue weighted by molar-refractivity contribution is 5.97. The van der Waals surface area contributed by atoms with E-state index in [0.29, 0.717) is 36.4 Å². The van der Waals surface area contributed by atoms with Gasteiger partial charge in [-0.3, -0.25) is 4.79 Å². The molecular weight excluding hydrogens is 388 g/mol. The second-order valence-electron chi connectivity index (χ2n) is 7.55. The molecule has 2 fully saturated rings. The molecule has 4 rings (SSSR count). The number of rotatable bonds is 6. The number of hydrogen-bond donors (Lipinski definition) is 1. The number of hydrogen-bond acceptors (Lipinski definition) is 4. The van der Waals surface area contributed by atoms with Gasteiger partial charge in [0, 0.05) is 13.1 Å². The van der Waals surface area contributed by atoms with Crippen molar-refractivity contribution in [1.82, 2.24) is 10.2 Å². The molecule has 2 aromatic carbocycles. The first-order valence-corrected chi connectivity index (χ1v) is 10.2. The largest absolute Gasteiger partial charge is 0.490 e. The lowest BCUT2D eigenvalue weighted by Gasteiger charge is -2.22. The van der Waals surface area contributed by atoms with Gasteiger partial charge < -0.3 is 19.7 Å². The van der Waals surface area contributed by atoms with Gasteiger partial charge in [-0.2, -0.15) is 0 Å². The van der Waals surface area contributed by atoms with Crippen LogP contribution in [0.1, 0.15) is 23.2 Å². The van der Waals surface area contributed by atoms with Crippen LogP contribution in [0.3, 0.4) is 0 Å². The van der Waals surface area contributed by atoms with Crippen molar-refractivity contribution in [3.8, 4) is 11.5 Å². The molecule has 0 bridgehead atoms. The molecule has 0 radical (unpaired) electrons. The lowest BCUT2D eigenvalue weighted by Crippen LogP contribution is -2.33. The molecule has 1 N–H and O–H groups in total. The molecule has 2 heterocycles. The van der Waals surface area contributed by atoms with Crippen molar-refractivity contribution in [2.45, 2.75) is 12.8 Å². The Bertz CT molecular complexity index is 773. The monoisotopic (exact) mass is 416 g/mol. The molecule has 0 aromatic heterocycles. The van der Waals surface area contributed by atoms with Crippen molar-refractivity contribution in [3.63, 3.8) is 0 Å². The highest BCUT2D eigenvalue weighted by Gasteiger charge is 2.32. The van der Waals surface area contributed by atoms with Crippen LogP contribution in [0.4, 0.5) is 0 Å². The molecule has 2 aliphatic rings. The van der Waals surface area contributed by atoms with E-state index in [1.165, 1.54) is 0 Å². The third-order valence-electron chi connectivity index (χ3n) is 5.78. The van der Waals surface area contributed by atoms with Crippen molar-refractivity contribution in [3.05, 3.63) is 60.2 Å². The molecule has 0 unspecified atom stereocenters. The first-order chi connectivity index (χ1) is 13.8. The molecule has 0 saturated carbocycles. The molecule has 5 nitrogen and oxygen atoms in total. The van der Waals surface area contributed by atoms with Crippen LogP contribution in [-0.2, 0) is 0 Å². The van der Waals surface area contributed by atoms with Crippen molar-refractivity contribution in [2.24, 2.45) is 11.8 Å². The molecular formula is C23H29ClN2O3. The summed E-state index contributed by atoms with van der Waals surface area (Å²) in [6, 6.07) is 17.2. The van der Waals surface area contributed by atoms with Gasteiger partial charge in [-0.15, -0.1) is 12.4 Å². The Morgan fingerprint density at radius 1 is 0.897 bits per heavy atom. The Morgan fingerprint density at radius 3 is 2.24 bits per heavy atom. The summed E-state index contributed by atoms with van der Waals surface area (Å²) in [7, 11) is 0. The van der Waals surface area contributed by atoms with Gasteiger partial charge in [0.05, 0.1) is 5.56 Å². The Morgan fingerprint density at radius 2 is 1.52 bits per heavy atom. The molecule has 0 aliphatic carbocycles. The zero-order chi connectivity index (χ0) is 19.2. The average molecular weight is 417 g/mol. The Labute approximate surface area is 178 Å². The van der Waals surface area contributed by atoms with Crippen LogP contribution >= 0.6 is 12.4 Å². The van der Waals surface area contributed by atoms with E-state index in [9.17, 15) is 4.79 Å². The minimum absolute atomic E-state index is 0.